The predicted molar refractivity (Wildman–Crippen MR) is 78.2 cm³/mol. The summed E-state index contributed by atoms with van der Waals surface area (Å²) in [5.41, 5.74) is -0.0900. The number of pyridine rings is 1. The fourth-order valence-electron chi connectivity index (χ4n) is 1.59. The van der Waals surface area contributed by atoms with Gasteiger partial charge in [0, 0.05) is 17.6 Å². The number of esters is 1. The van der Waals surface area contributed by atoms with E-state index < -0.39 is 11.4 Å². The summed E-state index contributed by atoms with van der Waals surface area (Å²) in [5.74, 6) is -0.716. The van der Waals surface area contributed by atoms with E-state index in [4.69, 9.17) is 21.6 Å². The number of carbonyl (C=O) groups excluding carboxylic acids is 1. The van der Waals surface area contributed by atoms with Gasteiger partial charge in [-0.25, -0.2) is 0 Å². The molecule has 2 rings (SSSR count). The molecule has 0 spiro atoms. The lowest BCUT2D eigenvalue weighted by Crippen LogP contribution is -2.25. The van der Waals surface area contributed by atoms with Gasteiger partial charge in [-0.15, -0.1) is 0 Å². The second kappa shape index (κ2) is 5.23. The number of carbonyl (C=O) groups is 1. The number of hydrogen-bond donors (Lipinski definition) is 1. The van der Waals surface area contributed by atoms with Crippen LogP contribution in [0.15, 0.2) is 18.3 Å². The lowest BCUT2D eigenvalue weighted by molar-refractivity contribution is -0.143. The van der Waals surface area contributed by atoms with Gasteiger partial charge in [-0.05, 0) is 26.8 Å². The van der Waals surface area contributed by atoms with Crippen molar-refractivity contribution in [2.24, 2.45) is 5.41 Å². The largest absolute Gasteiger partial charge is 0.504 e. The van der Waals surface area contributed by atoms with Crippen LogP contribution >= 0.6 is 11.6 Å². The summed E-state index contributed by atoms with van der Waals surface area (Å²) in [6.45, 7) is 5.11. The van der Waals surface area contributed by atoms with Crippen molar-refractivity contribution < 1.29 is 14.6 Å². The molecule has 5 nitrogen and oxygen atoms in total. The first-order valence-electron chi connectivity index (χ1n) is 6.17. The van der Waals surface area contributed by atoms with Crippen LogP contribution in [0.25, 0.3) is 10.9 Å². The van der Waals surface area contributed by atoms with Crippen LogP contribution in [0.1, 0.15) is 26.3 Å². The minimum atomic E-state index is -0.710. The molecule has 21 heavy (non-hydrogen) atoms. The lowest BCUT2D eigenvalue weighted by atomic mass is 9.97. The number of aromatic hydroxyl groups is 1. The Morgan fingerprint density at radius 3 is 2.67 bits per heavy atom. The van der Waals surface area contributed by atoms with E-state index >= 15 is 0 Å². The zero-order chi connectivity index (χ0) is 15.8. The van der Waals surface area contributed by atoms with Crippen LogP contribution in [0.2, 0.25) is 5.02 Å². The van der Waals surface area contributed by atoms with E-state index in [2.05, 4.69) is 4.98 Å². The van der Waals surface area contributed by atoms with E-state index in [1.807, 2.05) is 6.07 Å². The van der Waals surface area contributed by atoms with E-state index in [0.717, 1.165) is 0 Å². The van der Waals surface area contributed by atoms with Crippen molar-refractivity contribution in [1.29, 1.82) is 5.26 Å². The van der Waals surface area contributed by atoms with Crippen LogP contribution in [0.4, 0.5) is 0 Å². The molecule has 0 saturated carbocycles. The molecule has 0 atom stereocenters. The summed E-state index contributed by atoms with van der Waals surface area (Å²) < 4.78 is 5.19. The summed E-state index contributed by atoms with van der Waals surface area (Å²) in [4.78, 5) is 15.9. The van der Waals surface area contributed by atoms with Crippen molar-refractivity contribution in [2.45, 2.75) is 20.8 Å². The molecule has 0 amide bonds. The Bertz CT molecular complexity index is 773. The standard InChI is InChI=1S/C15H13ClN2O3/c1-15(2,3)14(20)21-12-4-9-10(5-11(12)19)18-7-8(6-17)13(9)16/h4-5,7,19H,1-3H3. The molecule has 0 aliphatic carbocycles. The number of halogens is 1. The van der Waals surface area contributed by atoms with Gasteiger partial charge in [0.15, 0.2) is 11.5 Å². The van der Waals surface area contributed by atoms with Crippen molar-refractivity contribution in [2.75, 3.05) is 0 Å². The lowest BCUT2D eigenvalue weighted by Gasteiger charge is -2.17. The van der Waals surface area contributed by atoms with Crippen molar-refractivity contribution in [3.8, 4) is 17.6 Å². The van der Waals surface area contributed by atoms with Crippen molar-refractivity contribution in [1.82, 2.24) is 4.98 Å². The van der Waals surface area contributed by atoms with E-state index in [-0.39, 0.29) is 22.1 Å². The fourth-order valence-corrected chi connectivity index (χ4v) is 1.83. The Labute approximate surface area is 126 Å². The molecule has 0 radical (unpaired) electrons. The molecular formula is C15H13ClN2O3. The normalized spacial score (nSPS) is 11.2. The SMILES string of the molecule is CC(C)(C)C(=O)Oc1cc2c(Cl)c(C#N)cnc2cc1O. The molecule has 0 saturated heterocycles. The molecule has 108 valence electrons. The monoisotopic (exact) mass is 304 g/mol. The molecule has 0 unspecified atom stereocenters. The van der Waals surface area contributed by atoms with Gasteiger partial charge in [-0.3, -0.25) is 9.78 Å². The zero-order valence-electron chi connectivity index (χ0n) is 11.8. The van der Waals surface area contributed by atoms with Crippen LogP contribution in [0.5, 0.6) is 11.5 Å². The molecule has 0 aliphatic heterocycles. The Kier molecular flexibility index (Phi) is 3.75. The van der Waals surface area contributed by atoms with Crippen molar-refractivity contribution >= 4 is 28.5 Å². The third-order valence-corrected chi connectivity index (χ3v) is 3.23. The number of aromatic nitrogens is 1. The summed E-state index contributed by atoms with van der Waals surface area (Å²) in [6.07, 6.45) is 1.32. The Morgan fingerprint density at radius 1 is 1.43 bits per heavy atom. The molecule has 1 N–H and O–H groups in total. The molecule has 0 bridgehead atoms. The number of phenols is 1. The van der Waals surface area contributed by atoms with Crippen LogP contribution in [0, 0.1) is 16.7 Å². The van der Waals surface area contributed by atoms with Gasteiger partial charge in [0.2, 0.25) is 0 Å². The Hall–Kier alpha value is -2.32. The number of hydrogen-bond acceptors (Lipinski definition) is 5. The molecule has 1 heterocycles. The molecular weight excluding hydrogens is 292 g/mol. The predicted octanol–water partition coefficient (Wildman–Crippen LogP) is 3.42. The summed E-state index contributed by atoms with van der Waals surface area (Å²) >= 11 is 6.11. The first-order valence-corrected chi connectivity index (χ1v) is 6.55. The van der Waals surface area contributed by atoms with Crippen molar-refractivity contribution in [3.05, 3.63) is 28.9 Å². The summed E-state index contributed by atoms with van der Waals surface area (Å²) in [5, 5.41) is 19.5. The van der Waals surface area contributed by atoms with Gasteiger partial charge in [0.05, 0.1) is 21.5 Å². The smallest absolute Gasteiger partial charge is 0.316 e. The van der Waals surface area contributed by atoms with E-state index in [1.165, 1.54) is 18.3 Å². The highest BCUT2D eigenvalue weighted by Crippen LogP contribution is 2.35. The maximum absolute atomic E-state index is 11.9. The van der Waals surface area contributed by atoms with Gasteiger partial charge >= 0.3 is 5.97 Å². The van der Waals surface area contributed by atoms with Crippen LogP contribution < -0.4 is 4.74 Å². The van der Waals surface area contributed by atoms with Crippen LogP contribution in [0.3, 0.4) is 0 Å². The van der Waals surface area contributed by atoms with E-state index in [9.17, 15) is 9.90 Å². The molecule has 2 aromatic rings. The van der Waals surface area contributed by atoms with Crippen LogP contribution in [-0.4, -0.2) is 16.1 Å². The Balaban J connectivity index is 2.56. The number of ether oxygens (including phenoxy) is 1. The first-order chi connectivity index (χ1) is 9.74. The van der Waals surface area contributed by atoms with Gasteiger partial charge in [-0.1, -0.05) is 11.6 Å². The number of nitriles is 1. The summed E-state index contributed by atoms with van der Waals surface area (Å²) in [6, 6.07) is 4.67. The van der Waals surface area contributed by atoms with E-state index in [0.29, 0.717) is 10.9 Å². The summed E-state index contributed by atoms with van der Waals surface area (Å²) in [7, 11) is 0. The second-order valence-corrected chi connectivity index (χ2v) is 5.95. The highest BCUT2D eigenvalue weighted by Gasteiger charge is 2.25. The van der Waals surface area contributed by atoms with Gasteiger partial charge in [0.25, 0.3) is 0 Å². The third-order valence-electron chi connectivity index (χ3n) is 2.82. The van der Waals surface area contributed by atoms with Gasteiger partial charge in [0.1, 0.15) is 6.07 Å². The number of rotatable bonds is 1. The minimum Gasteiger partial charge on any atom is -0.504 e. The third kappa shape index (κ3) is 2.91. The van der Waals surface area contributed by atoms with Crippen molar-refractivity contribution in [3.63, 3.8) is 0 Å². The maximum Gasteiger partial charge on any atom is 0.316 e. The molecule has 0 fully saturated rings. The first kappa shape index (κ1) is 15.1. The van der Waals surface area contributed by atoms with Crippen LogP contribution in [-0.2, 0) is 4.79 Å². The number of benzene rings is 1. The number of nitrogens with zero attached hydrogens (tertiary/aromatic N) is 2. The minimum absolute atomic E-state index is 0.0128. The molecule has 1 aromatic heterocycles. The van der Waals surface area contributed by atoms with Gasteiger partial charge < -0.3 is 9.84 Å². The quantitative estimate of drug-likeness (QED) is 0.644. The average molecular weight is 305 g/mol. The molecule has 1 aromatic carbocycles. The topological polar surface area (TPSA) is 83.2 Å². The number of fused-ring (bicyclic) bond motifs is 1. The molecule has 6 heteroatoms. The fraction of sp³-hybridized carbons (Fsp3) is 0.267. The zero-order valence-corrected chi connectivity index (χ0v) is 12.5. The highest BCUT2D eigenvalue weighted by atomic mass is 35.5. The average Bonchev–Trinajstić information content (AvgIpc) is 2.39. The highest BCUT2D eigenvalue weighted by molar-refractivity contribution is 6.36. The van der Waals surface area contributed by atoms with E-state index in [1.54, 1.807) is 20.8 Å². The molecule has 0 aliphatic rings. The Morgan fingerprint density at radius 2 is 2.10 bits per heavy atom. The second-order valence-electron chi connectivity index (χ2n) is 5.57. The van der Waals surface area contributed by atoms with Gasteiger partial charge in [-0.2, -0.15) is 5.26 Å². The maximum atomic E-state index is 11.9. The number of phenolic OH excluding ortho intramolecular Hbond substituents is 1.